The van der Waals surface area contributed by atoms with Crippen molar-refractivity contribution >= 4 is 23.3 Å². The maximum atomic E-state index is 13.5. The first-order valence-corrected chi connectivity index (χ1v) is 12.0. The van der Waals surface area contributed by atoms with Gasteiger partial charge in [0.25, 0.3) is 5.91 Å². The largest absolute Gasteiger partial charge is 0.369 e. The molecule has 4 rings (SSSR count). The number of likely N-dealkylation sites (tertiary alicyclic amines) is 1. The molecule has 3 saturated heterocycles. The first-order chi connectivity index (χ1) is 16.3. The summed E-state index contributed by atoms with van der Waals surface area (Å²) < 4.78 is 5.57. The number of ketones is 1. The Labute approximate surface area is 201 Å². The number of anilines is 1. The summed E-state index contributed by atoms with van der Waals surface area (Å²) in [6, 6.07) is 6.11. The van der Waals surface area contributed by atoms with Crippen molar-refractivity contribution in [1.29, 1.82) is 0 Å². The van der Waals surface area contributed by atoms with Crippen molar-refractivity contribution in [3.63, 3.8) is 0 Å². The number of likely N-dealkylation sites (N-methyl/N-ethyl adjacent to an activating group) is 1. The Morgan fingerprint density at radius 3 is 2.47 bits per heavy atom. The van der Waals surface area contributed by atoms with Gasteiger partial charge in [-0.05, 0) is 43.7 Å². The first-order valence-electron chi connectivity index (χ1n) is 12.0. The number of benzene rings is 1. The monoisotopic (exact) mass is 466 g/mol. The lowest BCUT2D eigenvalue weighted by molar-refractivity contribution is -0.138. The molecule has 8 nitrogen and oxygen atoms in total. The second-order valence-corrected chi connectivity index (χ2v) is 9.94. The van der Waals surface area contributed by atoms with Gasteiger partial charge >= 0.3 is 0 Å². The standard InChI is InChI=1S/C26H34N4O4/c1-5-18-15-30(23-22(31)16-34-24(18)23)26(33)21(14-17(2)3)27-25(32)19-6-8-20(9-7-19)29-12-10-28(4)11-13-29/h1,6-9,17-18,21,23-24H,10-16H2,2-4H3,(H,27,32). The number of amides is 2. The number of rotatable bonds is 6. The van der Waals surface area contributed by atoms with Crippen LogP contribution in [0.15, 0.2) is 24.3 Å². The third-order valence-electron chi connectivity index (χ3n) is 6.99. The van der Waals surface area contributed by atoms with Crippen molar-refractivity contribution in [2.24, 2.45) is 11.8 Å². The number of piperazine rings is 1. The summed E-state index contributed by atoms with van der Waals surface area (Å²) in [6.07, 6.45) is 5.64. The van der Waals surface area contributed by atoms with E-state index in [0.29, 0.717) is 12.0 Å². The number of nitrogens with one attached hydrogen (secondary N) is 1. The molecular weight excluding hydrogens is 432 g/mol. The van der Waals surface area contributed by atoms with Gasteiger partial charge in [-0.25, -0.2) is 0 Å². The molecule has 3 fully saturated rings. The highest BCUT2D eigenvalue weighted by atomic mass is 16.5. The van der Waals surface area contributed by atoms with Crippen molar-refractivity contribution in [2.75, 3.05) is 51.3 Å². The van der Waals surface area contributed by atoms with Crippen LogP contribution in [0.1, 0.15) is 30.6 Å². The van der Waals surface area contributed by atoms with E-state index in [9.17, 15) is 14.4 Å². The molecule has 0 spiro atoms. The zero-order chi connectivity index (χ0) is 24.4. The molecule has 0 bridgehead atoms. The lowest BCUT2D eigenvalue weighted by atomic mass is 10.0. The fraction of sp³-hybridized carbons (Fsp3) is 0.577. The third-order valence-corrected chi connectivity index (χ3v) is 6.99. The van der Waals surface area contributed by atoms with Crippen LogP contribution >= 0.6 is 0 Å². The van der Waals surface area contributed by atoms with Gasteiger partial charge in [-0.2, -0.15) is 0 Å². The predicted molar refractivity (Wildman–Crippen MR) is 129 cm³/mol. The third kappa shape index (κ3) is 4.96. The van der Waals surface area contributed by atoms with Crippen LogP contribution in [-0.4, -0.2) is 92.0 Å². The number of fused-ring (bicyclic) bond motifs is 1. The van der Waals surface area contributed by atoms with E-state index in [1.165, 1.54) is 4.90 Å². The van der Waals surface area contributed by atoms with Crippen LogP contribution in [0.2, 0.25) is 0 Å². The lowest BCUT2D eigenvalue weighted by Crippen LogP contribution is -2.52. The van der Waals surface area contributed by atoms with Crippen molar-refractivity contribution in [3.8, 4) is 12.3 Å². The fourth-order valence-corrected chi connectivity index (χ4v) is 5.05. The Hall–Kier alpha value is -2.89. The maximum absolute atomic E-state index is 13.5. The molecule has 3 aliphatic heterocycles. The maximum Gasteiger partial charge on any atom is 0.251 e. The molecular formula is C26H34N4O4. The van der Waals surface area contributed by atoms with E-state index < -0.39 is 18.2 Å². The topological polar surface area (TPSA) is 82.2 Å². The van der Waals surface area contributed by atoms with Crippen molar-refractivity contribution in [1.82, 2.24) is 15.1 Å². The highest BCUT2D eigenvalue weighted by molar-refractivity contribution is 5.99. The number of terminal acetylenes is 1. The molecule has 0 aromatic heterocycles. The Kier molecular flexibility index (Phi) is 7.24. The summed E-state index contributed by atoms with van der Waals surface area (Å²) in [5.74, 6) is 1.79. The Morgan fingerprint density at radius 1 is 1.18 bits per heavy atom. The molecule has 182 valence electrons. The zero-order valence-electron chi connectivity index (χ0n) is 20.2. The normalized spacial score (nSPS) is 25.9. The van der Waals surface area contributed by atoms with Crippen LogP contribution in [0.4, 0.5) is 5.69 Å². The molecule has 0 aliphatic carbocycles. The highest BCUT2D eigenvalue weighted by Gasteiger charge is 2.52. The number of nitrogens with zero attached hydrogens (tertiary/aromatic N) is 3. The SMILES string of the molecule is C#CC1CN(C(=O)C(CC(C)C)NC(=O)c2ccc(N3CCN(C)CC3)cc2)C2C(=O)COC12. The summed E-state index contributed by atoms with van der Waals surface area (Å²) in [4.78, 5) is 45.1. The van der Waals surface area contributed by atoms with Gasteiger partial charge in [-0.1, -0.05) is 19.8 Å². The minimum absolute atomic E-state index is 0.0296. The summed E-state index contributed by atoms with van der Waals surface area (Å²) in [7, 11) is 2.12. The minimum atomic E-state index is -0.740. The smallest absolute Gasteiger partial charge is 0.251 e. The van der Waals surface area contributed by atoms with E-state index in [4.69, 9.17) is 11.2 Å². The minimum Gasteiger partial charge on any atom is -0.369 e. The molecule has 1 N–H and O–H groups in total. The van der Waals surface area contributed by atoms with E-state index in [1.54, 1.807) is 12.1 Å². The van der Waals surface area contributed by atoms with Gasteiger partial charge < -0.3 is 24.8 Å². The van der Waals surface area contributed by atoms with Crippen molar-refractivity contribution in [2.45, 2.75) is 38.5 Å². The second kappa shape index (κ2) is 10.2. The molecule has 3 aliphatic rings. The molecule has 2 amide bonds. The predicted octanol–water partition coefficient (Wildman–Crippen LogP) is 1.01. The van der Waals surface area contributed by atoms with Crippen molar-refractivity contribution < 1.29 is 19.1 Å². The molecule has 1 aromatic rings. The van der Waals surface area contributed by atoms with Gasteiger partial charge in [0.15, 0.2) is 5.78 Å². The van der Waals surface area contributed by atoms with E-state index in [2.05, 4.69) is 28.1 Å². The molecule has 3 heterocycles. The van der Waals surface area contributed by atoms with Gasteiger partial charge in [0.2, 0.25) is 5.91 Å². The quantitative estimate of drug-likeness (QED) is 0.631. The fourth-order valence-electron chi connectivity index (χ4n) is 5.05. The molecule has 4 atom stereocenters. The number of carbonyl (C=O) groups excluding carboxylic acids is 3. The van der Waals surface area contributed by atoms with E-state index in [1.807, 2.05) is 26.0 Å². The van der Waals surface area contributed by atoms with Crippen LogP contribution in [0.5, 0.6) is 0 Å². The lowest BCUT2D eigenvalue weighted by Gasteiger charge is -2.34. The molecule has 0 radical (unpaired) electrons. The molecule has 1 aromatic carbocycles. The van der Waals surface area contributed by atoms with E-state index >= 15 is 0 Å². The van der Waals surface area contributed by atoms with Crippen molar-refractivity contribution in [3.05, 3.63) is 29.8 Å². The molecule has 8 heteroatoms. The van der Waals surface area contributed by atoms with Gasteiger partial charge in [0.1, 0.15) is 24.8 Å². The van der Waals surface area contributed by atoms with E-state index in [-0.39, 0.29) is 42.6 Å². The second-order valence-electron chi connectivity index (χ2n) is 9.94. The highest BCUT2D eigenvalue weighted by Crippen LogP contribution is 2.32. The summed E-state index contributed by atoms with van der Waals surface area (Å²) in [5, 5.41) is 2.92. The van der Waals surface area contributed by atoms with Crippen LogP contribution in [-0.2, 0) is 14.3 Å². The van der Waals surface area contributed by atoms with Gasteiger partial charge in [0, 0.05) is 44.0 Å². The van der Waals surface area contributed by atoms with Crippen LogP contribution in [0.25, 0.3) is 0 Å². The molecule has 34 heavy (non-hydrogen) atoms. The van der Waals surface area contributed by atoms with E-state index in [0.717, 1.165) is 31.9 Å². The van der Waals surface area contributed by atoms with Gasteiger partial charge in [-0.15, -0.1) is 6.42 Å². The Bertz CT molecular complexity index is 962. The number of Topliss-reactive ketones (excluding diaryl/α,β-unsaturated/α-hetero) is 1. The number of ether oxygens (including phenoxy) is 1. The van der Waals surface area contributed by atoms with Gasteiger partial charge in [-0.3, -0.25) is 14.4 Å². The van der Waals surface area contributed by atoms with Gasteiger partial charge in [0.05, 0.1) is 5.92 Å². The molecule has 0 saturated carbocycles. The van der Waals surface area contributed by atoms with Crippen LogP contribution in [0.3, 0.4) is 0 Å². The first kappa shape index (κ1) is 24.2. The summed E-state index contributed by atoms with van der Waals surface area (Å²) in [6.45, 7) is 8.15. The number of hydrogen-bond donors (Lipinski definition) is 1. The number of hydrogen-bond acceptors (Lipinski definition) is 6. The summed E-state index contributed by atoms with van der Waals surface area (Å²) >= 11 is 0. The number of carbonyl (C=O) groups is 3. The molecule has 4 unspecified atom stereocenters. The Morgan fingerprint density at radius 2 is 1.85 bits per heavy atom. The van der Waals surface area contributed by atoms with Crippen LogP contribution in [0, 0.1) is 24.2 Å². The summed E-state index contributed by atoms with van der Waals surface area (Å²) in [5.41, 5.74) is 1.59. The van der Waals surface area contributed by atoms with Crippen LogP contribution < -0.4 is 10.2 Å². The average molecular weight is 467 g/mol. The zero-order valence-corrected chi connectivity index (χ0v) is 20.2. The average Bonchev–Trinajstić information content (AvgIpc) is 3.39. The Balaban J connectivity index is 1.46.